The summed E-state index contributed by atoms with van der Waals surface area (Å²) in [6, 6.07) is 7.66. The van der Waals surface area contributed by atoms with Gasteiger partial charge in [-0.1, -0.05) is 6.07 Å². The van der Waals surface area contributed by atoms with Gasteiger partial charge in [-0.25, -0.2) is 4.39 Å². The fourth-order valence-corrected chi connectivity index (χ4v) is 4.01. The van der Waals surface area contributed by atoms with Crippen molar-refractivity contribution in [1.29, 1.82) is 0 Å². The monoisotopic (exact) mass is 295 g/mol. The summed E-state index contributed by atoms with van der Waals surface area (Å²) in [6.07, 6.45) is 1.02. The number of anilines is 1. The first-order valence-corrected chi connectivity index (χ1v) is 7.80. The molecular formula is C15H15ClFNS. The molecule has 1 aliphatic heterocycles. The summed E-state index contributed by atoms with van der Waals surface area (Å²) in [5.41, 5.74) is 2.90. The Morgan fingerprint density at radius 1 is 1.42 bits per heavy atom. The molecule has 0 N–H and O–H groups in total. The summed E-state index contributed by atoms with van der Waals surface area (Å²) in [6.45, 7) is 3.09. The zero-order valence-corrected chi connectivity index (χ0v) is 12.3. The maximum Gasteiger partial charge on any atom is 0.129 e. The second-order valence-corrected chi connectivity index (χ2v) is 6.06. The van der Waals surface area contributed by atoms with E-state index in [-0.39, 0.29) is 17.7 Å². The van der Waals surface area contributed by atoms with Crippen molar-refractivity contribution in [2.24, 2.45) is 0 Å². The van der Waals surface area contributed by atoms with E-state index in [1.165, 1.54) is 16.5 Å². The van der Waals surface area contributed by atoms with Gasteiger partial charge in [-0.15, -0.1) is 22.9 Å². The highest BCUT2D eigenvalue weighted by Gasteiger charge is 2.26. The first-order valence-electron chi connectivity index (χ1n) is 6.38. The minimum absolute atomic E-state index is 0.210. The molecule has 0 radical (unpaired) electrons. The van der Waals surface area contributed by atoms with Crippen LogP contribution in [0.1, 0.15) is 29.0 Å². The Morgan fingerprint density at radius 2 is 2.26 bits per heavy atom. The lowest BCUT2D eigenvalue weighted by Gasteiger charge is -2.36. The molecule has 1 unspecified atom stereocenters. The van der Waals surface area contributed by atoms with Crippen LogP contribution in [0.5, 0.6) is 0 Å². The van der Waals surface area contributed by atoms with Gasteiger partial charge in [0.2, 0.25) is 0 Å². The number of alkyl halides is 1. The maximum atomic E-state index is 13.9. The van der Waals surface area contributed by atoms with Crippen molar-refractivity contribution < 1.29 is 4.39 Å². The number of hydrogen-bond donors (Lipinski definition) is 0. The molecule has 0 fully saturated rings. The van der Waals surface area contributed by atoms with Crippen molar-refractivity contribution in [2.45, 2.75) is 25.3 Å². The molecule has 1 aliphatic rings. The van der Waals surface area contributed by atoms with Crippen LogP contribution in [0.2, 0.25) is 0 Å². The average molecular weight is 296 g/mol. The lowest BCUT2D eigenvalue weighted by atomic mass is 9.99. The number of halogens is 2. The van der Waals surface area contributed by atoms with Gasteiger partial charge in [-0.2, -0.15) is 0 Å². The summed E-state index contributed by atoms with van der Waals surface area (Å²) >= 11 is 7.73. The highest BCUT2D eigenvalue weighted by Crippen LogP contribution is 2.38. The third kappa shape index (κ3) is 2.15. The van der Waals surface area contributed by atoms with E-state index < -0.39 is 0 Å². The molecule has 0 spiro atoms. The van der Waals surface area contributed by atoms with E-state index in [1.807, 2.05) is 17.4 Å². The van der Waals surface area contributed by atoms with Crippen molar-refractivity contribution >= 4 is 28.6 Å². The highest BCUT2D eigenvalue weighted by molar-refractivity contribution is 7.10. The van der Waals surface area contributed by atoms with Crippen molar-refractivity contribution in [2.75, 3.05) is 11.4 Å². The Morgan fingerprint density at radius 3 is 3.05 bits per heavy atom. The summed E-state index contributed by atoms with van der Waals surface area (Å²) in [5.74, 6) is -0.00217. The van der Waals surface area contributed by atoms with Crippen molar-refractivity contribution in [3.8, 4) is 0 Å². The Kier molecular flexibility index (Phi) is 3.50. The van der Waals surface area contributed by atoms with E-state index >= 15 is 0 Å². The predicted molar refractivity (Wildman–Crippen MR) is 79.7 cm³/mol. The second-order valence-electron chi connectivity index (χ2n) is 4.79. The van der Waals surface area contributed by atoms with Crippen LogP contribution in [0.25, 0.3) is 0 Å². The molecule has 0 saturated heterocycles. The smallest absolute Gasteiger partial charge is 0.129 e. The van der Waals surface area contributed by atoms with E-state index in [1.54, 1.807) is 6.07 Å². The number of nitrogens with zero attached hydrogens (tertiary/aromatic N) is 1. The Balaban J connectivity index is 2.02. The molecule has 0 bridgehead atoms. The molecule has 100 valence electrons. The van der Waals surface area contributed by atoms with Crippen molar-refractivity contribution in [3.05, 3.63) is 51.5 Å². The molecule has 0 saturated carbocycles. The van der Waals surface area contributed by atoms with E-state index in [9.17, 15) is 4.39 Å². The quantitative estimate of drug-likeness (QED) is 0.723. The molecule has 0 amide bonds. The number of thiophene rings is 1. The zero-order valence-electron chi connectivity index (χ0n) is 10.7. The first-order chi connectivity index (χ1) is 9.22. The molecule has 1 aromatic heterocycles. The zero-order chi connectivity index (χ0) is 13.4. The molecule has 3 rings (SSSR count). The summed E-state index contributed by atoms with van der Waals surface area (Å²) in [5, 5.41) is 2.14. The second kappa shape index (κ2) is 5.14. The minimum atomic E-state index is -0.212. The van der Waals surface area contributed by atoms with Gasteiger partial charge in [-0.3, -0.25) is 0 Å². The Labute approximate surface area is 121 Å². The van der Waals surface area contributed by atoms with E-state index in [0.29, 0.717) is 5.56 Å². The highest BCUT2D eigenvalue weighted by atomic mass is 35.5. The molecule has 1 aromatic carbocycles. The van der Waals surface area contributed by atoms with E-state index in [2.05, 4.69) is 23.3 Å². The lowest BCUT2D eigenvalue weighted by Crippen LogP contribution is -2.33. The molecule has 0 aliphatic carbocycles. The van der Waals surface area contributed by atoms with Crippen LogP contribution >= 0.6 is 22.9 Å². The van der Waals surface area contributed by atoms with Crippen molar-refractivity contribution in [1.82, 2.24) is 0 Å². The summed E-state index contributed by atoms with van der Waals surface area (Å²) in [7, 11) is 0. The maximum absolute atomic E-state index is 13.9. The largest absolute Gasteiger partial charge is 0.364 e. The standard InChI is InChI=1S/C15H15ClFNS/c1-10-11-6-8-19-15(11)5-7-18(10)14-4-2-3-13(17)12(14)9-16/h2-4,6,8,10H,5,7,9H2,1H3. The van der Waals surface area contributed by atoms with Gasteiger partial charge in [0.05, 0.1) is 11.9 Å². The van der Waals surface area contributed by atoms with Crippen LogP contribution in [0, 0.1) is 5.82 Å². The molecule has 1 nitrogen and oxygen atoms in total. The molecule has 1 atom stereocenters. The van der Waals surface area contributed by atoms with Gasteiger partial charge in [0.25, 0.3) is 0 Å². The van der Waals surface area contributed by atoms with E-state index in [0.717, 1.165) is 18.7 Å². The molecular weight excluding hydrogens is 281 g/mol. The van der Waals surface area contributed by atoms with Crippen molar-refractivity contribution in [3.63, 3.8) is 0 Å². The van der Waals surface area contributed by atoms with Crippen LogP contribution < -0.4 is 4.90 Å². The fraction of sp³-hybridized carbons (Fsp3) is 0.333. The molecule has 4 heteroatoms. The number of fused-ring (bicyclic) bond motifs is 1. The summed E-state index contributed by atoms with van der Waals surface area (Å²) in [4.78, 5) is 3.71. The van der Waals surface area contributed by atoms with Gasteiger partial charge >= 0.3 is 0 Å². The van der Waals surface area contributed by atoms with Gasteiger partial charge in [0, 0.05) is 22.7 Å². The Bertz CT molecular complexity index is 596. The average Bonchev–Trinajstić information content (AvgIpc) is 2.88. The third-order valence-corrected chi connectivity index (χ3v) is 5.08. The topological polar surface area (TPSA) is 3.24 Å². The van der Waals surface area contributed by atoms with Gasteiger partial charge in [0.15, 0.2) is 0 Å². The molecule has 19 heavy (non-hydrogen) atoms. The predicted octanol–water partition coefficient (Wildman–Crippen LogP) is 4.75. The first kappa shape index (κ1) is 12.9. The fourth-order valence-electron chi connectivity index (χ4n) is 2.79. The van der Waals surface area contributed by atoms with Crippen LogP contribution in [-0.2, 0) is 12.3 Å². The van der Waals surface area contributed by atoms with Crippen LogP contribution in [0.15, 0.2) is 29.6 Å². The third-order valence-electron chi connectivity index (χ3n) is 3.81. The molecule has 2 aromatic rings. The number of benzene rings is 1. The normalized spacial score (nSPS) is 18.5. The van der Waals surface area contributed by atoms with E-state index in [4.69, 9.17) is 11.6 Å². The van der Waals surface area contributed by atoms with Gasteiger partial charge < -0.3 is 4.90 Å². The SMILES string of the molecule is CC1c2ccsc2CCN1c1cccc(F)c1CCl. The van der Waals surface area contributed by atoms with Gasteiger partial charge in [-0.05, 0) is 42.5 Å². The van der Waals surface area contributed by atoms with Crippen LogP contribution in [0.4, 0.5) is 10.1 Å². The molecule has 2 heterocycles. The van der Waals surface area contributed by atoms with Crippen LogP contribution in [0.3, 0.4) is 0 Å². The number of hydrogen-bond acceptors (Lipinski definition) is 2. The van der Waals surface area contributed by atoms with Crippen LogP contribution in [-0.4, -0.2) is 6.54 Å². The summed E-state index contributed by atoms with van der Waals surface area (Å²) < 4.78 is 13.9. The number of rotatable bonds is 2. The minimum Gasteiger partial charge on any atom is -0.364 e. The lowest BCUT2D eigenvalue weighted by molar-refractivity contribution is 0.601. The Hall–Kier alpha value is -1.06. The van der Waals surface area contributed by atoms with Gasteiger partial charge in [0.1, 0.15) is 5.82 Å².